The molecule has 21 heavy (non-hydrogen) atoms. The fourth-order valence-electron chi connectivity index (χ4n) is 3.50. The number of rotatable bonds is 7. The van der Waals surface area contributed by atoms with Crippen LogP contribution in [0.4, 0.5) is 0 Å². The number of nitrogens with zero attached hydrogens (tertiary/aromatic N) is 1. The molecule has 0 saturated carbocycles. The number of hydrogen-bond donors (Lipinski definition) is 1. The summed E-state index contributed by atoms with van der Waals surface area (Å²) in [5.74, 6) is 2.14. The summed E-state index contributed by atoms with van der Waals surface area (Å²) in [5.41, 5.74) is 7.44. The van der Waals surface area contributed by atoms with Gasteiger partial charge in [0.15, 0.2) is 0 Å². The Labute approximate surface area is 129 Å². The summed E-state index contributed by atoms with van der Waals surface area (Å²) < 4.78 is 5.63. The first-order valence-electron chi connectivity index (χ1n) is 8.43. The minimum absolute atomic E-state index is 0.467. The van der Waals surface area contributed by atoms with Crippen molar-refractivity contribution in [3.8, 4) is 5.75 Å². The topological polar surface area (TPSA) is 38.5 Å². The van der Waals surface area contributed by atoms with Gasteiger partial charge >= 0.3 is 0 Å². The molecule has 1 saturated heterocycles. The van der Waals surface area contributed by atoms with Crippen LogP contribution in [-0.2, 0) is 0 Å². The van der Waals surface area contributed by atoms with E-state index in [0.29, 0.717) is 18.4 Å². The third-order valence-electron chi connectivity index (χ3n) is 4.59. The van der Waals surface area contributed by atoms with Crippen molar-refractivity contribution in [3.63, 3.8) is 0 Å². The number of benzene rings is 1. The van der Waals surface area contributed by atoms with Gasteiger partial charge in [-0.15, -0.1) is 0 Å². The van der Waals surface area contributed by atoms with E-state index in [1.165, 1.54) is 44.5 Å². The third-order valence-corrected chi connectivity index (χ3v) is 4.59. The van der Waals surface area contributed by atoms with Crippen LogP contribution in [0.5, 0.6) is 5.75 Å². The van der Waals surface area contributed by atoms with Crippen LogP contribution >= 0.6 is 0 Å². The molecule has 1 atom stereocenters. The highest BCUT2D eigenvalue weighted by atomic mass is 16.5. The van der Waals surface area contributed by atoms with Gasteiger partial charge in [-0.2, -0.15) is 0 Å². The Morgan fingerprint density at radius 2 is 2.05 bits per heavy atom. The Hall–Kier alpha value is -1.06. The molecule has 118 valence electrons. The number of ether oxygens (including phenoxy) is 1. The fourth-order valence-corrected chi connectivity index (χ4v) is 3.50. The van der Waals surface area contributed by atoms with Crippen LogP contribution < -0.4 is 10.5 Å². The van der Waals surface area contributed by atoms with Gasteiger partial charge < -0.3 is 15.4 Å². The maximum atomic E-state index is 6.10. The van der Waals surface area contributed by atoms with Crippen LogP contribution in [0.25, 0.3) is 0 Å². The second-order valence-corrected chi connectivity index (χ2v) is 6.03. The zero-order chi connectivity index (χ0) is 15.1. The van der Waals surface area contributed by atoms with Gasteiger partial charge in [-0.3, -0.25) is 0 Å². The number of likely N-dealkylation sites (tertiary alicyclic amines) is 1. The van der Waals surface area contributed by atoms with Gasteiger partial charge in [-0.1, -0.05) is 19.1 Å². The molecule has 3 nitrogen and oxygen atoms in total. The average Bonchev–Trinajstić information content (AvgIpc) is 2.51. The van der Waals surface area contributed by atoms with Crippen molar-refractivity contribution < 1.29 is 4.74 Å². The molecule has 1 heterocycles. The normalized spacial score (nSPS) is 18.6. The first-order chi connectivity index (χ1) is 10.3. The van der Waals surface area contributed by atoms with E-state index in [9.17, 15) is 0 Å². The van der Waals surface area contributed by atoms with Gasteiger partial charge in [0.05, 0.1) is 6.61 Å². The average molecular weight is 290 g/mol. The third kappa shape index (κ3) is 4.45. The van der Waals surface area contributed by atoms with E-state index in [-0.39, 0.29) is 0 Å². The number of hydrogen-bond acceptors (Lipinski definition) is 3. The highest BCUT2D eigenvalue weighted by Crippen LogP contribution is 2.33. The van der Waals surface area contributed by atoms with E-state index in [2.05, 4.69) is 30.0 Å². The van der Waals surface area contributed by atoms with Crippen molar-refractivity contribution in [2.24, 2.45) is 11.7 Å². The quantitative estimate of drug-likeness (QED) is 0.838. The summed E-state index contributed by atoms with van der Waals surface area (Å²) in [7, 11) is 0. The van der Waals surface area contributed by atoms with E-state index in [1.54, 1.807) is 0 Å². The molecule has 0 amide bonds. The van der Waals surface area contributed by atoms with Crippen LogP contribution in [0.1, 0.15) is 44.6 Å². The van der Waals surface area contributed by atoms with E-state index < -0.39 is 0 Å². The van der Waals surface area contributed by atoms with Crippen LogP contribution in [-0.4, -0.2) is 37.7 Å². The molecule has 1 aromatic carbocycles. The molecule has 2 rings (SSSR count). The largest absolute Gasteiger partial charge is 0.494 e. The zero-order valence-corrected chi connectivity index (χ0v) is 13.6. The van der Waals surface area contributed by atoms with E-state index in [0.717, 1.165) is 12.3 Å². The Kier molecular flexibility index (Phi) is 6.52. The van der Waals surface area contributed by atoms with E-state index >= 15 is 0 Å². The second kappa shape index (κ2) is 8.40. The maximum Gasteiger partial charge on any atom is 0.119 e. The lowest BCUT2D eigenvalue weighted by Gasteiger charge is -2.36. The van der Waals surface area contributed by atoms with Crippen molar-refractivity contribution in [2.75, 3.05) is 32.8 Å². The molecular formula is C18H30N2O. The summed E-state index contributed by atoms with van der Waals surface area (Å²) >= 11 is 0. The molecule has 0 spiro atoms. The molecule has 3 heteroatoms. The van der Waals surface area contributed by atoms with Gasteiger partial charge in [-0.25, -0.2) is 0 Å². The van der Waals surface area contributed by atoms with Gasteiger partial charge in [0.2, 0.25) is 0 Å². The number of nitrogens with two attached hydrogens (primary N) is 1. The lowest BCUT2D eigenvalue weighted by molar-refractivity contribution is 0.169. The molecule has 0 aromatic heterocycles. The minimum Gasteiger partial charge on any atom is -0.494 e. The summed E-state index contributed by atoms with van der Waals surface area (Å²) in [4.78, 5) is 2.58. The van der Waals surface area contributed by atoms with Crippen LogP contribution in [0.2, 0.25) is 0 Å². The predicted octanol–water partition coefficient (Wildman–Crippen LogP) is 3.25. The highest BCUT2D eigenvalue weighted by molar-refractivity contribution is 5.31. The smallest absolute Gasteiger partial charge is 0.119 e. The predicted molar refractivity (Wildman–Crippen MR) is 88.9 cm³/mol. The first kappa shape index (κ1) is 16.3. The Morgan fingerprint density at radius 3 is 2.67 bits per heavy atom. The van der Waals surface area contributed by atoms with Crippen molar-refractivity contribution in [1.82, 2.24) is 4.90 Å². The van der Waals surface area contributed by atoms with Crippen molar-refractivity contribution >= 4 is 0 Å². The monoisotopic (exact) mass is 290 g/mol. The fraction of sp³-hybridized carbons (Fsp3) is 0.667. The molecule has 0 aliphatic carbocycles. The Morgan fingerprint density at radius 1 is 1.29 bits per heavy atom. The van der Waals surface area contributed by atoms with Gasteiger partial charge in [0, 0.05) is 0 Å². The molecule has 0 radical (unpaired) electrons. The lowest BCUT2D eigenvalue weighted by atomic mass is 9.80. The summed E-state index contributed by atoms with van der Waals surface area (Å²) in [6.07, 6.45) is 3.78. The highest BCUT2D eigenvalue weighted by Gasteiger charge is 2.26. The minimum atomic E-state index is 0.467. The molecule has 1 aliphatic heterocycles. The van der Waals surface area contributed by atoms with Gasteiger partial charge in [0.1, 0.15) is 5.75 Å². The molecule has 1 aliphatic rings. The van der Waals surface area contributed by atoms with Crippen LogP contribution in [0, 0.1) is 5.92 Å². The van der Waals surface area contributed by atoms with E-state index in [4.69, 9.17) is 10.5 Å². The molecular weight excluding hydrogens is 260 g/mol. The summed E-state index contributed by atoms with van der Waals surface area (Å²) in [6, 6.07) is 8.51. The molecule has 0 bridgehead atoms. The zero-order valence-electron chi connectivity index (χ0n) is 13.6. The molecule has 1 unspecified atom stereocenters. The standard InChI is InChI=1S/C18H30N2O/c1-3-10-20-11-8-15(9-12-20)18(14-19)16-6-5-7-17(13-16)21-4-2/h5-7,13,15,18H,3-4,8-12,14,19H2,1-2H3. The van der Waals surface area contributed by atoms with E-state index in [1.807, 2.05) is 13.0 Å². The SMILES string of the molecule is CCCN1CCC(C(CN)c2cccc(OCC)c2)CC1. The van der Waals surface area contributed by atoms with Crippen molar-refractivity contribution in [3.05, 3.63) is 29.8 Å². The second-order valence-electron chi connectivity index (χ2n) is 6.03. The van der Waals surface area contributed by atoms with Crippen LogP contribution in [0.3, 0.4) is 0 Å². The Balaban J connectivity index is 2.01. The molecule has 1 aromatic rings. The molecule has 2 N–H and O–H groups in total. The van der Waals surface area contributed by atoms with Gasteiger partial charge in [-0.05, 0) is 81.9 Å². The van der Waals surface area contributed by atoms with Crippen molar-refractivity contribution in [2.45, 2.75) is 39.0 Å². The Bertz CT molecular complexity index is 413. The molecule has 1 fully saturated rings. The maximum absolute atomic E-state index is 6.10. The van der Waals surface area contributed by atoms with Crippen LogP contribution in [0.15, 0.2) is 24.3 Å². The van der Waals surface area contributed by atoms with Crippen molar-refractivity contribution in [1.29, 1.82) is 0 Å². The summed E-state index contributed by atoms with van der Waals surface area (Å²) in [6.45, 7) is 9.41. The first-order valence-corrected chi connectivity index (χ1v) is 8.43. The summed E-state index contributed by atoms with van der Waals surface area (Å²) in [5, 5.41) is 0. The van der Waals surface area contributed by atoms with Gasteiger partial charge in [0.25, 0.3) is 0 Å². The number of piperidine rings is 1. The lowest BCUT2D eigenvalue weighted by Crippen LogP contribution is -2.37.